The van der Waals surface area contributed by atoms with E-state index in [1.54, 1.807) is 0 Å². The van der Waals surface area contributed by atoms with Crippen LogP contribution in [0.1, 0.15) is 335 Å². The van der Waals surface area contributed by atoms with Crippen LogP contribution in [-0.2, 0) is 19.1 Å². The summed E-state index contributed by atoms with van der Waals surface area (Å²) in [6.45, 7) is 4.06. The highest BCUT2D eigenvalue weighted by Crippen LogP contribution is 2.17. The fourth-order valence-electron chi connectivity index (χ4n) is 10.0. The molecular formula is C77H132O5. The Bertz CT molecular complexity index is 1620. The van der Waals surface area contributed by atoms with E-state index in [0.29, 0.717) is 12.8 Å². The first-order chi connectivity index (χ1) is 40.6. The Morgan fingerprint density at radius 3 is 0.805 bits per heavy atom. The van der Waals surface area contributed by atoms with Crippen molar-refractivity contribution in [3.8, 4) is 0 Å². The molecule has 1 N–H and O–H groups in total. The minimum Gasteiger partial charge on any atom is -0.462 e. The smallest absolute Gasteiger partial charge is 0.306 e. The Balaban J connectivity index is 3.50. The van der Waals surface area contributed by atoms with Crippen molar-refractivity contribution in [3.63, 3.8) is 0 Å². The van der Waals surface area contributed by atoms with Gasteiger partial charge in [0.15, 0.2) is 6.10 Å². The van der Waals surface area contributed by atoms with Gasteiger partial charge in [-0.15, -0.1) is 0 Å². The number of carbonyl (C=O) groups is 2. The molecule has 1 atom stereocenters. The van der Waals surface area contributed by atoms with Gasteiger partial charge in [0.2, 0.25) is 0 Å². The number of esters is 2. The highest BCUT2D eigenvalue weighted by Gasteiger charge is 2.16. The molecule has 0 aromatic rings. The van der Waals surface area contributed by atoms with Crippen molar-refractivity contribution in [2.75, 3.05) is 13.2 Å². The minimum absolute atomic E-state index is 0.0676. The van der Waals surface area contributed by atoms with Gasteiger partial charge in [0, 0.05) is 12.8 Å². The van der Waals surface area contributed by atoms with E-state index < -0.39 is 6.10 Å². The molecular weight excluding hydrogens is 1000 g/mol. The minimum atomic E-state index is -0.779. The number of rotatable bonds is 64. The fourth-order valence-corrected chi connectivity index (χ4v) is 10.0. The molecule has 0 amide bonds. The van der Waals surface area contributed by atoms with E-state index in [2.05, 4.69) is 135 Å². The predicted molar refractivity (Wildman–Crippen MR) is 362 cm³/mol. The summed E-state index contributed by atoms with van der Waals surface area (Å²) in [5, 5.41) is 9.70. The first-order valence-corrected chi connectivity index (χ1v) is 35.1. The van der Waals surface area contributed by atoms with E-state index in [1.807, 2.05) is 0 Å². The second-order valence-corrected chi connectivity index (χ2v) is 23.2. The van der Waals surface area contributed by atoms with E-state index in [-0.39, 0.29) is 25.2 Å². The summed E-state index contributed by atoms with van der Waals surface area (Å²) in [7, 11) is 0. The quantitative estimate of drug-likeness (QED) is 0.0373. The van der Waals surface area contributed by atoms with E-state index >= 15 is 0 Å². The molecule has 0 heterocycles. The average molecular weight is 1140 g/mol. The number of ether oxygens (including phenoxy) is 2. The summed E-state index contributed by atoms with van der Waals surface area (Å²) >= 11 is 0. The molecule has 0 aliphatic carbocycles. The molecule has 0 aromatic heterocycles. The second kappa shape index (κ2) is 71.6. The molecule has 82 heavy (non-hydrogen) atoms. The molecule has 1 unspecified atom stereocenters. The first-order valence-electron chi connectivity index (χ1n) is 35.1. The van der Waals surface area contributed by atoms with Crippen LogP contribution in [0.4, 0.5) is 0 Å². The summed E-state index contributed by atoms with van der Waals surface area (Å²) in [6, 6.07) is 0. The molecule has 0 aromatic carbocycles. The van der Waals surface area contributed by atoms with Crippen LogP contribution in [-0.4, -0.2) is 36.4 Å². The van der Waals surface area contributed by atoms with Crippen LogP contribution in [0, 0.1) is 0 Å². The van der Waals surface area contributed by atoms with Crippen molar-refractivity contribution >= 4 is 11.9 Å². The van der Waals surface area contributed by atoms with Crippen LogP contribution in [0.15, 0.2) is 122 Å². The molecule has 5 nitrogen and oxygen atoms in total. The standard InChI is InChI=1S/C77H132O5/c1-3-5-7-9-11-13-15-17-19-21-23-25-27-29-31-32-33-34-35-36-37-38-39-40-41-42-43-44-46-48-50-52-54-56-58-60-62-64-66-68-70-72-77(80)82-75(73-78)74-81-76(79)71-69-67-65-63-61-59-57-55-53-51-49-47-45-30-28-26-24-22-20-18-16-14-12-10-8-6-4-2/h5,7,11,13,17,19,22-25,29,31,33-34,36-37,39-40,42-43,75,78H,3-4,6,8-10,12,14-16,18,20-21,26-28,30,32,35,38,41,44-74H2,1-2H3/b7-5-,13-11-,19-17-,24-22-,25-23-,31-29-,34-33-,37-36-,40-39-,43-42-. The zero-order valence-corrected chi connectivity index (χ0v) is 54.0. The lowest BCUT2D eigenvalue weighted by Crippen LogP contribution is -2.28. The van der Waals surface area contributed by atoms with Crippen LogP contribution in [0.25, 0.3) is 0 Å². The molecule has 0 radical (unpaired) electrons. The number of hydrogen-bond donors (Lipinski definition) is 1. The molecule has 0 spiro atoms. The normalized spacial score (nSPS) is 13.0. The van der Waals surface area contributed by atoms with Crippen LogP contribution in [0.2, 0.25) is 0 Å². The number of aliphatic hydroxyl groups excluding tert-OH is 1. The van der Waals surface area contributed by atoms with Gasteiger partial charge < -0.3 is 14.6 Å². The Kier molecular flexibility index (Phi) is 68.3. The lowest BCUT2D eigenvalue weighted by atomic mass is 10.0. The van der Waals surface area contributed by atoms with Crippen molar-refractivity contribution in [2.24, 2.45) is 0 Å². The van der Waals surface area contributed by atoms with Gasteiger partial charge in [0.25, 0.3) is 0 Å². The lowest BCUT2D eigenvalue weighted by molar-refractivity contribution is -0.161. The van der Waals surface area contributed by atoms with Crippen LogP contribution in [0.5, 0.6) is 0 Å². The van der Waals surface area contributed by atoms with Crippen molar-refractivity contribution in [1.29, 1.82) is 0 Å². The summed E-state index contributed by atoms with van der Waals surface area (Å²) in [6.07, 6.45) is 105. The van der Waals surface area contributed by atoms with Crippen LogP contribution >= 0.6 is 0 Å². The van der Waals surface area contributed by atoms with E-state index in [1.165, 1.54) is 212 Å². The molecule has 470 valence electrons. The van der Waals surface area contributed by atoms with Crippen LogP contribution < -0.4 is 0 Å². The van der Waals surface area contributed by atoms with Crippen LogP contribution in [0.3, 0.4) is 0 Å². The highest BCUT2D eigenvalue weighted by molar-refractivity contribution is 5.70. The topological polar surface area (TPSA) is 72.8 Å². The maximum Gasteiger partial charge on any atom is 0.306 e. The Morgan fingerprint density at radius 2 is 0.524 bits per heavy atom. The average Bonchev–Trinajstić information content (AvgIpc) is 3.49. The van der Waals surface area contributed by atoms with Crippen molar-refractivity contribution in [2.45, 2.75) is 341 Å². The highest BCUT2D eigenvalue weighted by atomic mass is 16.6. The van der Waals surface area contributed by atoms with E-state index in [9.17, 15) is 14.7 Å². The maximum atomic E-state index is 12.4. The fraction of sp³-hybridized carbons (Fsp3) is 0.714. The molecule has 0 aliphatic rings. The van der Waals surface area contributed by atoms with Crippen molar-refractivity contribution in [3.05, 3.63) is 122 Å². The summed E-state index contributed by atoms with van der Waals surface area (Å²) in [4.78, 5) is 24.7. The zero-order chi connectivity index (χ0) is 59.1. The van der Waals surface area contributed by atoms with Gasteiger partial charge in [0.05, 0.1) is 6.61 Å². The van der Waals surface area contributed by atoms with Gasteiger partial charge in [0.1, 0.15) is 6.61 Å². The monoisotopic (exact) mass is 1140 g/mol. The van der Waals surface area contributed by atoms with Crippen molar-refractivity contribution in [1.82, 2.24) is 0 Å². The van der Waals surface area contributed by atoms with E-state index in [0.717, 1.165) is 96.3 Å². The number of allylic oxidation sites excluding steroid dienone is 20. The lowest BCUT2D eigenvalue weighted by Gasteiger charge is -2.15. The molecule has 0 saturated carbocycles. The van der Waals surface area contributed by atoms with Gasteiger partial charge in [-0.25, -0.2) is 0 Å². The van der Waals surface area contributed by atoms with Gasteiger partial charge >= 0.3 is 11.9 Å². The molecule has 0 aliphatic heterocycles. The summed E-state index contributed by atoms with van der Waals surface area (Å²) in [5.41, 5.74) is 0. The number of unbranched alkanes of at least 4 members (excludes halogenated alkanes) is 36. The number of aliphatic hydroxyl groups is 1. The number of hydrogen-bond acceptors (Lipinski definition) is 5. The Hall–Kier alpha value is -3.70. The van der Waals surface area contributed by atoms with Gasteiger partial charge in [-0.2, -0.15) is 0 Å². The maximum absolute atomic E-state index is 12.4. The third-order valence-electron chi connectivity index (χ3n) is 15.2. The molecule has 0 saturated heterocycles. The summed E-state index contributed by atoms with van der Waals surface area (Å²) < 4.78 is 10.8. The third-order valence-corrected chi connectivity index (χ3v) is 15.2. The molecule has 0 fully saturated rings. The number of carbonyl (C=O) groups excluding carboxylic acids is 2. The SMILES string of the molecule is CC/C=C\C/C=C\C/C=C\C/C=C\C/C=C\C/C=C\C/C=C\C/C=C\C/C=C\CCCCCCCCCCCCCCCC(=O)OC(CO)COC(=O)CCCCCCCCCCCCCCCCC/C=C\CCCCCCCCCC. The molecule has 0 rings (SSSR count). The van der Waals surface area contributed by atoms with Gasteiger partial charge in [-0.05, 0) is 109 Å². The Morgan fingerprint density at radius 1 is 0.293 bits per heavy atom. The molecule has 5 heteroatoms. The third kappa shape index (κ3) is 68.8. The largest absolute Gasteiger partial charge is 0.462 e. The van der Waals surface area contributed by atoms with Gasteiger partial charge in [-0.3, -0.25) is 9.59 Å². The van der Waals surface area contributed by atoms with Gasteiger partial charge in [-0.1, -0.05) is 334 Å². The predicted octanol–water partition coefficient (Wildman–Crippen LogP) is 24.5. The second-order valence-electron chi connectivity index (χ2n) is 23.2. The van der Waals surface area contributed by atoms with E-state index in [4.69, 9.17) is 9.47 Å². The first kappa shape index (κ1) is 78.3. The Labute approximate surface area is 509 Å². The van der Waals surface area contributed by atoms with Crippen molar-refractivity contribution < 1.29 is 24.2 Å². The zero-order valence-electron chi connectivity index (χ0n) is 54.0. The summed E-state index contributed by atoms with van der Waals surface area (Å²) in [5.74, 6) is -0.583. The molecule has 0 bridgehead atoms.